The van der Waals surface area contributed by atoms with Gasteiger partial charge in [-0.15, -0.1) is 0 Å². The molecule has 2 aromatic rings. The number of rotatable bonds is 7. The highest BCUT2D eigenvalue weighted by molar-refractivity contribution is 6.03. The first-order valence-electron chi connectivity index (χ1n) is 8.26. The minimum Gasteiger partial charge on any atom is -0.354 e. The van der Waals surface area contributed by atoms with Crippen molar-refractivity contribution in [2.24, 2.45) is 0 Å². The van der Waals surface area contributed by atoms with Gasteiger partial charge in [0.05, 0.1) is 0 Å². The molecule has 7 nitrogen and oxygen atoms in total. The Balaban J connectivity index is 2.05. The molecule has 0 spiro atoms. The Labute approximate surface area is 147 Å². The lowest BCUT2D eigenvalue weighted by molar-refractivity contribution is -0.114. The number of nitrogens with one attached hydrogen (secondary N) is 3. The van der Waals surface area contributed by atoms with Crippen LogP contribution in [0.25, 0.3) is 0 Å². The summed E-state index contributed by atoms with van der Waals surface area (Å²) in [6.45, 7) is 6.14. The summed E-state index contributed by atoms with van der Waals surface area (Å²) in [6.07, 6.45) is 2.08. The second-order valence-electron chi connectivity index (χ2n) is 5.71. The standard InChI is InChI=1S/C18H23N5O2/c1-4-5-10-19-18-20-12(2)11-16(23-18)17(25)22-15-8-6-14(7-9-15)21-13(3)24/h6-9,11H,4-5,10H2,1-3H3,(H,21,24)(H,22,25)(H,19,20,23). The Bertz CT molecular complexity index is 744. The molecule has 1 aromatic carbocycles. The van der Waals surface area contributed by atoms with Crippen molar-refractivity contribution in [2.75, 3.05) is 22.5 Å². The molecule has 0 saturated carbocycles. The number of benzene rings is 1. The van der Waals surface area contributed by atoms with Crippen LogP contribution < -0.4 is 16.0 Å². The van der Waals surface area contributed by atoms with Crippen LogP contribution >= 0.6 is 0 Å². The Morgan fingerprint density at radius 3 is 2.28 bits per heavy atom. The van der Waals surface area contributed by atoms with E-state index in [2.05, 4.69) is 32.8 Å². The van der Waals surface area contributed by atoms with Gasteiger partial charge in [0.25, 0.3) is 5.91 Å². The van der Waals surface area contributed by atoms with E-state index >= 15 is 0 Å². The van der Waals surface area contributed by atoms with Gasteiger partial charge >= 0.3 is 0 Å². The highest BCUT2D eigenvalue weighted by atomic mass is 16.2. The molecular weight excluding hydrogens is 318 g/mol. The molecule has 1 aromatic heterocycles. The fourth-order valence-electron chi connectivity index (χ4n) is 2.18. The smallest absolute Gasteiger partial charge is 0.274 e. The molecule has 0 bridgehead atoms. The van der Waals surface area contributed by atoms with Gasteiger partial charge in [0.1, 0.15) is 5.69 Å². The van der Waals surface area contributed by atoms with E-state index in [4.69, 9.17) is 0 Å². The van der Waals surface area contributed by atoms with Gasteiger partial charge in [-0.2, -0.15) is 0 Å². The molecule has 0 unspecified atom stereocenters. The zero-order valence-electron chi connectivity index (χ0n) is 14.7. The summed E-state index contributed by atoms with van der Waals surface area (Å²) in [5, 5.41) is 8.60. The van der Waals surface area contributed by atoms with Crippen LogP contribution in [-0.2, 0) is 4.79 Å². The van der Waals surface area contributed by atoms with E-state index < -0.39 is 0 Å². The Morgan fingerprint density at radius 2 is 1.68 bits per heavy atom. The monoisotopic (exact) mass is 341 g/mol. The SMILES string of the molecule is CCCCNc1nc(C)cc(C(=O)Nc2ccc(NC(C)=O)cc2)n1. The van der Waals surface area contributed by atoms with Gasteiger partial charge in [-0.1, -0.05) is 13.3 Å². The number of carbonyl (C=O) groups excluding carboxylic acids is 2. The predicted octanol–water partition coefficient (Wildman–Crippen LogP) is 3.21. The summed E-state index contributed by atoms with van der Waals surface area (Å²) < 4.78 is 0. The first kappa shape index (κ1) is 18.4. The molecule has 3 N–H and O–H groups in total. The Hall–Kier alpha value is -2.96. The molecule has 0 radical (unpaired) electrons. The molecule has 0 aliphatic heterocycles. The third-order valence-electron chi connectivity index (χ3n) is 3.36. The zero-order valence-corrected chi connectivity index (χ0v) is 14.7. The van der Waals surface area contributed by atoms with E-state index in [0.29, 0.717) is 23.0 Å². The van der Waals surface area contributed by atoms with Crippen molar-refractivity contribution in [1.82, 2.24) is 9.97 Å². The van der Waals surface area contributed by atoms with Gasteiger partial charge in [-0.25, -0.2) is 9.97 Å². The molecule has 0 saturated heterocycles. The first-order chi connectivity index (χ1) is 12.0. The number of aryl methyl sites for hydroxylation is 1. The second-order valence-corrected chi connectivity index (χ2v) is 5.71. The average Bonchev–Trinajstić information content (AvgIpc) is 2.56. The predicted molar refractivity (Wildman–Crippen MR) is 98.9 cm³/mol. The maximum absolute atomic E-state index is 12.4. The fourth-order valence-corrected chi connectivity index (χ4v) is 2.18. The topological polar surface area (TPSA) is 96.0 Å². The van der Waals surface area contributed by atoms with E-state index in [9.17, 15) is 9.59 Å². The number of aromatic nitrogens is 2. The van der Waals surface area contributed by atoms with Crippen molar-refractivity contribution in [2.45, 2.75) is 33.6 Å². The van der Waals surface area contributed by atoms with Crippen molar-refractivity contribution in [1.29, 1.82) is 0 Å². The van der Waals surface area contributed by atoms with Crippen molar-refractivity contribution in [3.63, 3.8) is 0 Å². The highest BCUT2D eigenvalue weighted by Gasteiger charge is 2.11. The van der Waals surface area contributed by atoms with Gasteiger partial charge in [0.15, 0.2) is 0 Å². The lowest BCUT2D eigenvalue weighted by atomic mass is 10.2. The maximum atomic E-state index is 12.4. The van der Waals surface area contributed by atoms with Crippen LogP contribution in [-0.4, -0.2) is 28.3 Å². The number of carbonyl (C=O) groups is 2. The Kier molecular flexibility index (Phi) is 6.45. The molecule has 7 heteroatoms. The van der Waals surface area contributed by atoms with Crippen LogP contribution in [0.1, 0.15) is 42.9 Å². The molecule has 0 aliphatic carbocycles. The number of anilines is 3. The minimum absolute atomic E-state index is 0.142. The van der Waals surface area contributed by atoms with E-state index in [1.807, 2.05) is 6.92 Å². The van der Waals surface area contributed by atoms with E-state index in [1.165, 1.54) is 6.92 Å². The third kappa shape index (κ3) is 5.87. The molecule has 2 rings (SSSR count). The van der Waals surface area contributed by atoms with Crippen LogP contribution in [0.5, 0.6) is 0 Å². The van der Waals surface area contributed by atoms with Gasteiger partial charge in [-0.05, 0) is 43.7 Å². The number of amides is 2. The summed E-state index contributed by atoms with van der Waals surface area (Å²) >= 11 is 0. The molecule has 0 atom stereocenters. The lowest BCUT2D eigenvalue weighted by Gasteiger charge is -2.09. The molecule has 25 heavy (non-hydrogen) atoms. The van der Waals surface area contributed by atoms with Crippen molar-refractivity contribution < 1.29 is 9.59 Å². The molecule has 0 fully saturated rings. The number of unbranched alkanes of at least 4 members (excludes halogenated alkanes) is 1. The van der Waals surface area contributed by atoms with Crippen LogP contribution in [0.3, 0.4) is 0 Å². The summed E-state index contributed by atoms with van der Waals surface area (Å²) in [5.74, 6) is 0.00673. The van der Waals surface area contributed by atoms with Gasteiger partial charge in [-0.3, -0.25) is 9.59 Å². The van der Waals surface area contributed by atoms with Gasteiger partial charge < -0.3 is 16.0 Å². The highest BCUT2D eigenvalue weighted by Crippen LogP contribution is 2.15. The lowest BCUT2D eigenvalue weighted by Crippen LogP contribution is -2.16. The summed E-state index contributed by atoms with van der Waals surface area (Å²) in [6, 6.07) is 8.53. The first-order valence-corrected chi connectivity index (χ1v) is 8.26. The van der Waals surface area contributed by atoms with Crippen molar-refractivity contribution in [3.8, 4) is 0 Å². The van der Waals surface area contributed by atoms with Crippen molar-refractivity contribution in [3.05, 3.63) is 41.7 Å². The van der Waals surface area contributed by atoms with E-state index in [0.717, 1.165) is 25.1 Å². The quantitative estimate of drug-likeness (QED) is 0.672. The zero-order chi connectivity index (χ0) is 18.2. The molecular formula is C18H23N5O2. The second kappa shape index (κ2) is 8.77. The maximum Gasteiger partial charge on any atom is 0.274 e. The van der Waals surface area contributed by atoms with Crippen molar-refractivity contribution >= 4 is 29.1 Å². The van der Waals surface area contributed by atoms with Crippen LogP contribution in [0.2, 0.25) is 0 Å². The van der Waals surface area contributed by atoms with Crippen LogP contribution in [0, 0.1) is 6.92 Å². The summed E-state index contributed by atoms with van der Waals surface area (Å²) in [4.78, 5) is 32.0. The van der Waals surface area contributed by atoms with Crippen LogP contribution in [0.4, 0.5) is 17.3 Å². The summed E-state index contributed by atoms with van der Waals surface area (Å²) in [7, 11) is 0. The van der Waals surface area contributed by atoms with Gasteiger partial charge in [0.2, 0.25) is 11.9 Å². The number of nitrogens with zero attached hydrogens (tertiary/aromatic N) is 2. The number of hydrogen-bond donors (Lipinski definition) is 3. The van der Waals surface area contributed by atoms with Crippen LogP contribution in [0.15, 0.2) is 30.3 Å². The molecule has 2 amide bonds. The van der Waals surface area contributed by atoms with E-state index in [1.54, 1.807) is 30.3 Å². The fraction of sp³-hybridized carbons (Fsp3) is 0.333. The van der Waals surface area contributed by atoms with Gasteiger partial charge in [0, 0.05) is 30.5 Å². The van der Waals surface area contributed by atoms with E-state index in [-0.39, 0.29) is 11.8 Å². The molecule has 132 valence electrons. The Morgan fingerprint density at radius 1 is 1.04 bits per heavy atom. The largest absolute Gasteiger partial charge is 0.354 e. The molecule has 0 aliphatic rings. The summed E-state index contributed by atoms with van der Waals surface area (Å²) in [5.41, 5.74) is 2.32. The average molecular weight is 341 g/mol. The number of hydrogen-bond acceptors (Lipinski definition) is 5. The minimum atomic E-state index is -0.309. The normalized spacial score (nSPS) is 10.2. The molecule has 1 heterocycles. The third-order valence-corrected chi connectivity index (χ3v) is 3.36.